The molecule has 0 aromatic heterocycles. The summed E-state index contributed by atoms with van der Waals surface area (Å²) in [6.07, 6.45) is 4.77. The average Bonchev–Trinajstić information content (AvgIpc) is 2.96. The van der Waals surface area contributed by atoms with Crippen LogP contribution in [-0.4, -0.2) is 43.2 Å². The van der Waals surface area contributed by atoms with Crippen molar-refractivity contribution < 1.29 is 13.9 Å². The van der Waals surface area contributed by atoms with Crippen LogP contribution < -0.4 is 5.32 Å². The first-order valence-corrected chi connectivity index (χ1v) is 7.56. The van der Waals surface area contributed by atoms with Crippen molar-refractivity contribution in [2.75, 3.05) is 25.5 Å². The fourth-order valence-corrected chi connectivity index (χ4v) is 3.47. The average molecular weight is 292 g/mol. The van der Waals surface area contributed by atoms with E-state index in [2.05, 4.69) is 15.0 Å². The molecule has 0 amide bonds. The number of methoxy groups -OCH3 is 1. The summed E-state index contributed by atoms with van der Waals surface area (Å²) in [5, 5.41) is 3.44. The minimum Gasteiger partial charge on any atom is -0.465 e. The molecule has 2 atom stereocenters. The Labute approximate surface area is 124 Å². The zero-order valence-electron chi connectivity index (χ0n) is 12.3. The summed E-state index contributed by atoms with van der Waals surface area (Å²) >= 11 is 0. The zero-order chi connectivity index (χ0) is 14.8. The van der Waals surface area contributed by atoms with Gasteiger partial charge in [-0.25, -0.2) is 9.18 Å². The van der Waals surface area contributed by atoms with Gasteiger partial charge in [-0.2, -0.15) is 0 Å². The largest absolute Gasteiger partial charge is 0.465 e. The molecule has 0 saturated carbocycles. The number of hydrogen-bond donors (Lipinski definition) is 1. The first kappa shape index (κ1) is 14.3. The van der Waals surface area contributed by atoms with Crippen molar-refractivity contribution in [1.82, 2.24) is 4.90 Å². The van der Waals surface area contributed by atoms with Crippen LogP contribution in [0.15, 0.2) is 18.2 Å². The molecule has 1 N–H and O–H groups in total. The highest BCUT2D eigenvalue weighted by Gasteiger charge is 2.31. The van der Waals surface area contributed by atoms with Crippen molar-refractivity contribution in [3.63, 3.8) is 0 Å². The van der Waals surface area contributed by atoms with E-state index in [4.69, 9.17) is 0 Å². The number of carbonyl (C=O) groups is 1. The summed E-state index contributed by atoms with van der Waals surface area (Å²) in [6.45, 7) is 2.34. The molecule has 1 aromatic carbocycles. The van der Waals surface area contributed by atoms with Crippen LogP contribution in [0.25, 0.3) is 0 Å². The smallest absolute Gasteiger partial charge is 0.340 e. The number of ether oxygens (including phenoxy) is 1. The van der Waals surface area contributed by atoms with Gasteiger partial charge in [0.1, 0.15) is 5.82 Å². The summed E-state index contributed by atoms with van der Waals surface area (Å²) in [4.78, 5) is 14.1. The minimum absolute atomic E-state index is 0.0131. The maximum Gasteiger partial charge on any atom is 0.340 e. The van der Waals surface area contributed by atoms with E-state index >= 15 is 0 Å². The lowest BCUT2D eigenvalue weighted by Gasteiger charge is -2.35. The van der Waals surface area contributed by atoms with E-state index in [0.717, 1.165) is 25.1 Å². The van der Waals surface area contributed by atoms with Gasteiger partial charge in [-0.05, 0) is 50.4 Å². The standard InChI is InChI=1S/C16H21FN2O2/c1-21-16(20)14-10-11(4-5-15(14)17)18-12-6-8-19-7-2-3-13(19)9-12/h4-5,10,12-13,18H,2-3,6-9H2,1H3. The number of piperidine rings is 1. The second-order valence-electron chi connectivity index (χ2n) is 5.88. The number of fused-ring (bicyclic) bond motifs is 1. The number of rotatable bonds is 3. The Balaban J connectivity index is 1.69. The molecule has 0 bridgehead atoms. The zero-order valence-corrected chi connectivity index (χ0v) is 12.3. The van der Waals surface area contributed by atoms with Gasteiger partial charge in [0.25, 0.3) is 0 Å². The van der Waals surface area contributed by atoms with Crippen molar-refractivity contribution in [2.45, 2.75) is 37.8 Å². The number of anilines is 1. The third kappa shape index (κ3) is 3.02. The molecule has 0 spiro atoms. The number of halogens is 1. The van der Waals surface area contributed by atoms with Crippen molar-refractivity contribution in [2.24, 2.45) is 0 Å². The Morgan fingerprint density at radius 2 is 2.24 bits per heavy atom. The summed E-state index contributed by atoms with van der Waals surface area (Å²) < 4.78 is 18.2. The molecular weight excluding hydrogens is 271 g/mol. The van der Waals surface area contributed by atoms with Gasteiger partial charge < -0.3 is 15.0 Å². The van der Waals surface area contributed by atoms with Crippen LogP contribution in [0.4, 0.5) is 10.1 Å². The molecule has 1 aromatic rings. The van der Waals surface area contributed by atoms with Crippen LogP contribution in [-0.2, 0) is 4.74 Å². The van der Waals surface area contributed by atoms with Crippen molar-refractivity contribution >= 4 is 11.7 Å². The predicted octanol–water partition coefficient (Wildman–Crippen LogP) is 2.65. The van der Waals surface area contributed by atoms with Gasteiger partial charge in [0.2, 0.25) is 0 Å². The van der Waals surface area contributed by atoms with Gasteiger partial charge in [-0.3, -0.25) is 0 Å². The monoisotopic (exact) mass is 292 g/mol. The highest BCUT2D eigenvalue weighted by Crippen LogP contribution is 2.29. The molecule has 5 heteroatoms. The molecule has 114 valence electrons. The van der Waals surface area contributed by atoms with Crippen LogP contribution in [0.2, 0.25) is 0 Å². The lowest BCUT2D eigenvalue weighted by atomic mass is 9.97. The van der Waals surface area contributed by atoms with E-state index < -0.39 is 11.8 Å². The van der Waals surface area contributed by atoms with Gasteiger partial charge in [-0.1, -0.05) is 0 Å². The molecule has 4 nitrogen and oxygen atoms in total. The van der Waals surface area contributed by atoms with Gasteiger partial charge in [0.05, 0.1) is 12.7 Å². The maximum absolute atomic E-state index is 13.6. The first-order valence-electron chi connectivity index (χ1n) is 7.56. The highest BCUT2D eigenvalue weighted by molar-refractivity contribution is 5.90. The molecule has 2 heterocycles. The van der Waals surface area contributed by atoms with Gasteiger partial charge in [-0.15, -0.1) is 0 Å². The second kappa shape index (κ2) is 6.02. The number of hydrogen-bond acceptors (Lipinski definition) is 4. The molecule has 2 fully saturated rings. The van der Waals surface area contributed by atoms with E-state index in [1.54, 1.807) is 12.1 Å². The number of esters is 1. The Kier molecular flexibility index (Phi) is 4.10. The third-order valence-corrected chi connectivity index (χ3v) is 4.56. The molecule has 2 aliphatic rings. The van der Waals surface area contributed by atoms with E-state index in [-0.39, 0.29) is 5.56 Å². The maximum atomic E-state index is 13.6. The Morgan fingerprint density at radius 3 is 3.05 bits per heavy atom. The van der Waals surface area contributed by atoms with Crippen molar-refractivity contribution in [1.29, 1.82) is 0 Å². The molecule has 21 heavy (non-hydrogen) atoms. The molecule has 2 unspecified atom stereocenters. The van der Waals surface area contributed by atoms with Crippen molar-refractivity contribution in [3.8, 4) is 0 Å². The van der Waals surface area contributed by atoms with Crippen LogP contribution in [0, 0.1) is 5.82 Å². The molecule has 0 radical (unpaired) electrons. The summed E-state index contributed by atoms with van der Waals surface area (Å²) in [5.41, 5.74) is 0.772. The number of nitrogens with zero attached hydrogens (tertiary/aromatic N) is 1. The van der Waals surface area contributed by atoms with Crippen LogP contribution >= 0.6 is 0 Å². The predicted molar refractivity (Wildman–Crippen MR) is 79.0 cm³/mol. The van der Waals surface area contributed by atoms with Gasteiger partial charge >= 0.3 is 5.97 Å². The van der Waals surface area contributed by atoms with E-state index in [0.29, 0.717) is 12.1 Å². The molecule has 2 aliphatic heterocycles. The quantitative estimate of drug-likeness (QED) is 0.870. The van der Waals surface area contributed by atoms with E-state index in [1.807, 2.05) is 0 Å². The summed E-state index contributed by atoms with van der Waals surface area (Å²) in [7, 11) is 1.26. The number of carbonyl (C=O) groups excluding carboxylic acids is 1. The van der Waals surface area contributed by atoms with Gasteiger partial charge in [0, 0.05) is 24.3 Å². The lowest BCUT2D eigenvalue weighted by Crippen LogP contribution is -2.42. The minimum atomic E-state index is -0.637. The number of benzene rings is 1. The normalized spacial score (nSPS) is 25.4. The number of nitrogens with one attached hydrogen (secondary N) is 1. The summed E-state index contributed by atoms with van der Waals surface area (Å²) in [5.74, 6) is -1.18. The Bertz CT molecular complexity index is 535. The fourth-order valence-electron chi connectivity index (χ4n) is 3.47. The SMILES string of the molecule is COC(=O)c1cc(NC2CCN3CCCC3C2)ccc1F. The molecule has 3 rings (SSSR count). The highest BCUT2D eigenvalue weighted by atomic mass is 19.1. The molecular formula is C16H21FN2O2. The van der Waals surface area contributed by atoms with E-state index in [9.17, 15) is 9.18 Å². The second-order valence-corrected chi connectivity index (χ2v) is 5.88. The Hall–Kier alpha value is -1.62. The van der Waals surface area contributed by atoms with Crippen LogP contribution in [0.5, 0.6) is 0 Å². The lowest BCUT2D eigenvalue weighted by molar-refractivity contribution is 0.0595. The first-order chi connectivity index (χ1) is 10.2. The van der Waals surface area contributed by atoms with Crippen molar-refractivity contribution in [3.05, 3.63) is 29.6 Å². The van der Waals surface area contributed by atoms with Crippen LogP contribution in [0.1, 0.15) is 36.0 Å². The fraction of sp³-hybridized carbons (Fsp3) is 0.562. The molecule has 0 aliphatic carbocycles. The molecule has 2 saturated heterocycles. The topological polar surface area (TPSA) is 41.6 Å². The Morgan fingerprint density at radius 1 is 1.38 bits per heavy atom. The van der Waals surface area contributed by atoms with E-state index in [1.165, 1.54) is 32.6 Å². The summed E-state index contributed by atoms with van der Waals surface area (Å²) in [6, 6.07) is 5.61. The third-order valence-electron chi connectivity index (χ3n) is 4.56. The van der Waals surface area contributed by atoms with Crippen LogP contribution in [0.3, 0.4) is 0 Å². The van der Waals surface area contributed by atoms with Gasteiger partial charge in [0.15, 0.2) is 0 Å².